The van der Waals surface area contributed by atoms with Gasteiger partial charge in [-0.25, -0.2) is 0 Å². The van der Waals surface area contributed by atoms with Crippen molar-refractivity contribution in [1.29, 1.82) is 0 Å². The van der Waals surface area contributed by atoms with Crippen LogP contribution in [-0.4, -0.2) is 69.5 Å². The van der Waals surface area contributed by atoms with Gasteiger partial charge in [0.2, 0.25) is 5.91 Å². The molecule has 6 heteroatoms. The Balaban J connectivity index is 1.62. The van der Waals surface area contributed by atoms with Gasteiger partial charge in [-0.2, -0.15) is 0 Å². The second kappa shape index (κ2) is 7.79. The van der Waals surface area contributed by atoms with E-state index < -0.39 is 6.04 Å². The third-order valence-electron chi connectivity index (χ3n) is 3.91. The van der Waals surface area contributed by atoms with Gasteiger partial charge in [0.1, 0.15) is 0 Å². The van der Waals surface area contributed by atoms with Gasteiger partial charge < -0.3 is 20.5 Å². The maximum atomic E-state index is 12.0. The highest BCUT2D eigenvalue weighted by molar-refractivity contribution is 5.81. The highest BCUT2D eigenvalue weighted by atomic mass is 16.5. The molecule has 1 unspecified atom stereocenters. The Bertz CT molecular complexity index is 276. The van der Waals surface area contributed by atoms with Crippen molar-refractivity contribution in [2.75, 3.05) is 52.6 Å². The van der Waals surface area contributed by atoms with Crippen LogP contribution in [0.4, 0.5) is 0 Å². The molecule has 0 aromatic heterocycles. The summed E-state index contributed by atoms with van der Waals surface area (Å²) in [5.74, 6) is 0.234. The van der Waals surface area contributed by atoms with Gasteiger partial charge >= 0.3 is 0 Å². The van der Waals surface area contributed by atoms with Crippen LogP contribution in [-0.2, 0) is 14.3 Å². The molecule has 0 aromatic carbocycles. The number of carbonyl (C=O) groups excluding carboxylic acids is 1. The van der Waals surface area contributed by atoms with Crippen LogP contribution in [0.1, 0.15) is 12.8 Å². The molecule has 0 aromatic rings. The Kier molecular flexibility index (Phi) is 6.03. The van der Waals surface area contributed by atoms with Crippen molar-refractivity contribution < 1.29 is 14.3 Å². The normalized spacial score (nSPS) is 24.1. The number of morpholine rings is 1. The molecule has 2 aliphatic heterocycles. The average Bonchev–Trinajstić information content (AvgIpc) is 2.48. The molecule has 2 fully saturated rings. The quantitative estimate of drug-likeness (QED) is 0.684. The summed E-state index contributed by atoms with van der Waals surface area (Å²) in [6.07, 6.45) is 1.77. The maximum Gasteiger partial charge on any atom is 0.237 e. The van der Waals surface area contributed by atoms with Crippen LogP contribution in [0.15, 0.2) is 0 Å². The number of amides is 1. The van der Waals surface area contributed by atoms with E-state index in [0.29, 0.717) is 6.54 Å². The molecule has 0 aliphatic carbocycles. The molecular formula is C13H25N3O3. The van der Waals surface area contributed by atoms with E-state index in [-0.39, 0.29) is 11.8 Å². The van der Waals surface area contributed by atoms with Crippen molar-refractivity contribution >= 4 is 5.91 Å². The summed E-state index contributed by atoms with van der Waals surface area (Å²) >= 11 is 0. The Morgan fingerprint density at radius 2 is 1.84 bits per heavy atom. The highest BCUT2D eigenvalue weighted by Gasteiger charge is 2.26. The average molecular weight is 271 g/mol. The van der Waals surface area contributed by atoms with Crippen LogP contribution in [0, 0.1) is 5.92 Å². The van der Waals surface area contributed by atoms with Gasteiger partial charge in [-0.1, -0.05) is 0 Å². The van der Waals surface area contributed by atoms with Crippen molar-refractivity contribution in [3.8, 4) is 0 Å². The summed E-state index contributed by atoms with van der Waals surface area (Å²) in [5.41, 5.74) is 6.01. The Hall–Kier alpha value is -0.690. The molecule has 19 heavy (non-hydrogen) atoms. The first-order valence-corrected chi connectivity index (χ1v) is 7.18. The molecule has 3 N–H and O–H groups in total. The lowest BCUT2D eigenvalue weighted by molar-refractivity contribution is -0.124. The van der Waals surface area contributed by atoms with Gasteiger partial charge in [-0.3, -0.25) is 9.69 Å². The Morgan fingerprint density at radius 1 is 1.21 bits per heavy atom. The molecule has 2 saturated heterocycles. The summed E-state index contributed by atoms with van der Waals surface area (Å²) in [4.78, 5) is 14.3. The number of ether oxygens (including phenoxy) is 2. The van der Waals surface area contributed by atoms with Gasteiger partial charge in [0.25, 0.3) is 0 Å². The molecule has 0 radical (unpaired) electrons. The van der Waals surface area contributed by atoms with Gasteiger partial charge in [-0.15, -0.1) is 0 Å². The van der Waals surface area contributed by atoms with Crippen LogP contribution in [0.3, 0.4) is 0 Å². The minimum atomic E-state index is -0.395. The van der Waals surface area contributed by atoms with Gasteiger partial charge in [0, 0.05) is 39.4 Å². The molecule has 2 rings (SSSR count). The predicted molar refractivity (Wildman–Crippen MR) is 71.8 cm³/mol. The van der Waals surface area contributed by atoms with Crippen LogP contribution in [0.25, 0.3) is 0 Å². The summed E-state index contributed by atoms with van der Waals surface area (Å²) in [7, 11) is 0. The third-order valence-corrected chi connectivity index (χ3v) is 3.91. The van der Waals surface area contributed by atoms with E-state index in [0.717, 1.165) is 58.9 Å². The number of nitrogens with zero attached hydrogens (tertiary/aromatic N) is 1. The van der Waals surface area contributed by atoms with Crippen LogP contribution < -0.4 is 11.1 Å². The van der Waals surface area contributed by atoms with Crippen molar-refractivity contribution in [2.45, 2.75) is 18.9 Å². The number of rotatable bonds is 5. The first-order valence-electron chi connectivity index (χ1n) is 7.18. The van der Waals surface area contributed by atoms with Crippen LogP contribution in [0.2, 0.25) is 0 Å². The summed E-state index contributed by atoms with van der Waals surface area (Å²) in [6, 6.07) is -0.395. The summed E-state index contributed by atoms with van der Waals surface area (Å²) < 4.78 is 10.6. The first kappa shape index (κ1) is 14.7. The molecule has 2 aliphatic rings. The van der Waals surface area contributed by atoms with Gasteiger partial charge in [-0.05, 0) is 18.8 Å². The zero-order chi connectivity index (χ0) is 13.5. The Labute approximate surface area is 114 Å². The second-order valence-electron chi connectivity index (χ2n) is 5.22. The fourth-order valence-electron chi connectivity index (χ4n) is 2.57. The topological polar surface area (TPSA) is 76.8 Å². The van der Waals surface area contributed by atoms with E-state index in [4.69, 9.17) is 15.2 Å². The Morgan fingerprint density at radius 3 is 2.53 bits per heavy atom. The fourth-order valence-corrected chi connectivity index (χ4v) is 2.57. The predicted octanol–water partition coefficient (Wildman–Crippen LogP) is -0.811. The van der Waals surface area contributed by atoms with Crippen molar-refractivity contribution in [1.82, 2.24) is 10.2 Å². The standard InChI is InChI=1S/C13H25N3O3/c14-12(11-1-7-18-8-2-11)13(17)15-3-4-16-5-9-19-10-6-16/h11-12H,1-10,14H2,(H,15,17). The van der Waals surface area contributed by atoms with Gasteiger partial charge in [0.05, 0.1) is 19.3 Å². The van der Waals surface area contributed by atoms with Crippen molar-refractivity contribution in [3.05, 3.63) is 0 Å². The SMILES string of the molecule is NC(C(=O)NCCN1CCOCC1)C1CCOCC1. The smallest absolute Gasteiger partial charge is 0.237 e. The van der Waals surface area contributed by atoms with E-state index in [1.165, 1.54) is 0 Å². The fraction of sp³-hybridized carbons (Fsp3) is 0.923. The highest BCUT2D eigenvalue weighted by Crippen LogP contribution is 2.17. The monoisotopic (exact) mass is 271 g/mol. The van der Waals surface area contributed by atoms with Crippen molar-refractivity contribution in [2.24, 2.45) is 11.7 Å². The first-order chi connectivity index (χ1) is 9.27. The summed E-state index contributed by atoms with van der Waals surface area (Å²) in [6.45, 7) is 6.44. The van der Waals surface area contributed by atoms with Crippen LogP contribution >= 0.6 is 0 Å². The van der Waals surface area contributed by atoms with E-state index >= 15 is 0 Å². The van der Waals surface area contributed by atoms with E-state index in [1.807, 2.05) is 0 Å². The van der Waals surface area contributed by atoms with E-state index in [9.17, 15) is 4.79 Å². The number of carbonyl (C=O) groups is 1. The van der Waals surface area contributed by atoms with Gasteiger partial charge in [0.15, 0.2) is 0 Å². The maximum absolute atomic E-state index is 12.0. The molecule has 6 nitrogen and oxygen atoms in total. The van der Waals surface area contributed by atoms with E-state index in [1.54, 1.807) is 0 Å². The second-order valence-corrected chi connectivity index (χ2v) is 5.22. The largest absolute Gasteiger partial charge is 0.381 e. The summed E-state index contributed by atoms with van der Waals surface area (Å²) in [5, 5.41) is 2.94. The zero-order valence-electron chi connectivity index (χ0n) is 11.5. The molecular weight excluding hydrogens is 246 g/mol. The lowest BCUT2D eigenvalue weighted by Crippen LogP contribution is -2.49. The molecule has 0 bridgehead atoms. The number of hydrogen-bond donors (Lipinski definition) is 2. The molecule has 1 amide bonds. The van der Waals surface area contributed by atoms with Crippen molar-refractivity contribution in [3.63, 3.8) is 0 Å². The number of nitrogens with one attached hydrogen (secondary N) is 1. The third kappa shape index (κ3) is 4.72. The van der Waals surface area contributed by atoms with Crippen LogP contribution in [0.5, 0.6) is 0 Å². The molecule has 110 valence electrons. The minimum Gasteiger partial charge on any atom is -0.381 e. The molecule has 1 atom stereocenters. The molecule has 2 heterocycles. The zero-order valence-corrected chi connectivity index (χ0v) is 11.5. The lowest BCUT2D eigenvalue weighted by atomic mass is 9.92. The molecule has 0 spiro atoms. The molecule has 0 saturated carbocycles. The van der Waals surface area contributed by atoms with E-state index in [2.05, 4.69) is 10.2 Å². The minimum absolute atomic E-state index is 0.0276. The lowest BCUT2D eigenvalue weighted by Gasteiger charge is -2.28. The number of hydrogen-bond acceptors (Lipinski definition) is 5. The number of nitrogens with two attached hydrogens (primary N) is 1.